The Kier molecular flexibility index (Phi) is 5.89. The number of hydrogen-bond donors (Lipinski definition) is 2. The summed E-state index contributed by atoms with van der Waals surface area (Å²) in [6.07, 6.45) is 3.25. The van der Waals surface area contributed by atoms with E-state index in [2.05, 4.69) is 20.3 Å². The fourth-order valence-corrected chi connectivity index (χ4v) is 4.65. The highest BCUT2D eigenvalue weighted by Gasteiger charge is 2.31. The van der Waals surface area contributed by atoms with Crippen LogP contribution in [0.25, 0.3) is 17.2 Å². The summed E-state index contributed by atoms with van der Waals surface area (Å²) in [5, 5.41) is 6.05. The molecule has 3 aromatic heterocycles. The number of urea groups is 1. The number of carbonyl (C=O) groups is 1. The van der Waals surface area contributed by atoms with Crippen molar-refractivity contribution in [2.75, 3.05) is 36.5 Å². The number of anilines is 2. The second kappa shape index (κ2) is 9.51. The number of nitrogens with one attached hydrogen (secondary N) is 2. The number of pyridine rings is 1. The van der Waals surface area contributed by atoms with Gasteiger partial charge >= 0.3 is 6.03 Å². The van der Waals surface area contributed by atoms with Crippen LogP contribution >= 0.6 is 0 Å². The van der Waals surface area contributed by atoms with Crippen molar-refractivity contribution >= 4 is 17.5 Å². The first-order chi connectivity index (χ1) is 18.0. The molecule has 2 N–H and O–H groups in total. The van der Waals surface area contributed by atoms with E-state index in [0.29, 0.717) is 56.5 Å². The molecule has 1 saturated heterocycles. The molecule has 5 heterocycles. The van der Waals surface area contributed by atoms with Gasteiger partial charge in [-0.3, -0.25) is 14.9 Å². The first-order valence-electron chi connectivity index (χ1n) is 12.1. The van der Waals surface area contributed by atoms with Crippen LogP contribution in [0, 0.1) is 6.92 Å². The molecule has 0 radical (unpaired) electrons. The molecule has 1 aromatic carbocycles. The second-order valence-electron chi connectivity index (χ2n) is 9.11. The average molecular weight is 499 g/mol. The average Bonchev–Trinajstić information content (AvgIpc) is 3.53. The molecular weight excluding hydrogens is 472 g/mol. The van der Waals surface area contributed by atoms with Crippen LogP contribution in [0.5, 0.6) is 0 Å². The number of nitrogens with zero attached hydrogens (tertiary/aromatic N) is 6. The number of hydrogen-bond acceptors (Lipinski definition) is 7. The van der Waals surface area contributed by atoms with Gasteiger partial charge in [0, 0.05) is 30.9 Å². The lowest BCUT2D eigenvalue weighted by Crippen LogP contribution is -2.38. The zero-order chi connectivity index (χ0) is 25.4. The van der Waals surface area contributed by atoms with Gasteiger partial charge in [0.2, 0.25) is 0 Å². The Morgan fingerprint density at radius 3 is 2.73 bits per heavy atom. The van der Waals surface area contributed by atoms with Crippen LogP contribution in [0.4, 0.5) is 16.3 Å². The fourth-order valence-electron chi connectivity index (χ4n) is 4.65. The van der Waals surface area contributed by atoms with E-state index in [9.17, 15) is 9.59 Å². The predicted octanol–water partition coefficient (Wildman–Crippen LogP) is 2.71. The first kappa shape index (κ1) is 22.9. The summed E-state index contributed by atoms with van der Waals surface area (Å²) in [6, 6.07) is 12.8. The van der Waals surface area contributed by atoms with Crippen LogP contribution in [-0.4, -0.2) is 62.0 Å². The number of carbonyl (C=O) groups excluding carboxylic acids is 1. The Balaban J connectivity index is 1.36. The molecule has 11 heteroatoms. The molecule has 2 aliphatic rings. The molecule has 0 bridgehead atoms. The third-order valence-electron chi connectivity index (χ3n) is 6.51. The first-order valence-corrected chi connectivity index (χ1v) is 12.1. The van der Waals surface area contributed by atoms with Gasteiger partial charge in [0.25, 0.3) is 11.5 Å². The van der Waals surface area contributed by atoms with E-state index in [-0.39, 0.29) is 17.5 Å². The van der Waals surface area contributed by atoms with Gasteiger partial charge in [-0.2, -0.15) is 9.67 Å². The van der Waals surface area contributed by atoms with Gasteiger partial charge < -0.3 is 19.9 Å². The normalized spacial score (nSPS) is 15.1. The molecule has 6 rings (SSSR count). The number of ether oxygens (including phenoxy) is 1. The van der Waals surface area contributed by atoms with E-state index in [1.165, 1.54) is 4.68 Å². The van der Waals surface area contributed by atoms with Crippen LogP contribution in [0.15, 0.2) is 59.7 Å². The number of amides is 2. The second-order valence-corrected chi connectivity index (χ2v) is 9.11. The van der Waals surface area contributed by atoms with Crippen molar-refractivity contribution in [3.63, 3.8) is 0 Å². The van der Waals surface area contributed by atoms with Crippen LogP contribution in [0.2, 0.25) is 0 Å². The Labute approximate surface area is 212 Å². The van der Waals surface area contributed by atoms with E-state index in [4.69, 9.17) is 14.7 Å². The Bertz CT molecular complexity index is 1510. The van der Waals surface area contributed by atoms with Crippen LogP contribution in [-0.2, 0) is 17.8 Å². The maximum Gasteiger partial charge on any atom is 0.322 e. The third kappa shape index (κ3) is 4.56. The lowest BCUT2D eigenvalue weighted by atomic mass is 10.1. The molecule has 0 atom stereocenters. The Morgan fingerprint density at radius 1 is 1.08 bits per heavy atom. The van der Waals surface area contributed by atoms with Crippen LogP contribution in [0.1, 0.15) is 16.8 Å². The van der Waals surface area contributed by atoms with Crippen molar-refractivity contribution in [3.05, 3.63) is 82.0 Å². The summed E-state index contributed by atoms with van der Waals surface area (Å²) in [6.45, 7) is 5.17. The maximum absolute atomic E-state index is 13.0. The Hall–Kier alpha value is -4.51. The minimum Gasteiger partial charge on any atom is -0.378 e. The standard InChI is InChI=1S/C26H26N8O3/c1-17-4-2-5-18(12-17)21-13-23(35)34(31-21)25-29-22-16-33(26(36)28-19-6-3-7-27-14-19)15-20(22)24(30-25)32-8-10-37-11-9-32/h2-7,12-14,31H,8-11,15-16H2,1H3,(H,28,36). The SMILES string of the molecule is Cc1cccc(-c2cc(=O)n(-c3nc4c(c(N5CCOCC5)n3)CN(C(=O)Nc3cccnc3)C4)[nH]2)c1. The number of H-pyrrole nitrogens is 1. The van der Waals surface area contributed by atoms with E-state index >= 15 is 0 Å². The molecule has 1 fully saturated rings. The van der Waals surface area contributed by atoms with E-state index in [1.54, 1.807) is 35.5 Å². The quantitative estimate of drug-likeness (QED) is 0.444. The van der Waals surface area contributed by atoms with Gasteiger partial charge in [-0.1, -0.05) is 23.8 Å². The minimum atomic E-state index is -0.256. The number of fused-ring (bicyclic) bond motifs is 1. The van der Waals surface area contributed by atoms with Crippen LogP contribution < -0.4 is 15.8 Å². The zero-order valence-electron chi connectivity index (χ0n) is 20.3. The molecule has 188 valence electrons. The lowest BCUT2D eigenvalue weighted by molar-refractivity contribution is 0.122. The van der Waals surface area contributed by atoms with Crippen molar-refractivity contribution in [2.24, 2.45) is 0 Å². The van der Waals surface area contributed by atoms with Gasteiger partial charge in [0.05, 0.1) is 49.6 Å². The smallest absolute Gasteiger partial charge is 0.322 e. The highest BCUT2D eigenvalue weighted by Crippen LogP contribution is 2.31. The third-order valence-corrected chi connectivity index (χ3v) is 6.51. The number of rotatable bonds is 4. The summed E-state index contributed by atoms with van der Waals surface area (Å²) < 4.78 is 6.90. The number of aromatic nitrogens is 5. The van der Waals surface area contributed by atoms with E-state index in [1.807, 2.05) is 31.2 Å². The van der Waals surface area contributed by atoms with Gasteiger partial charge in [-0.25, -0.2) is 9.78 Å². The van der Waals surface area contributed by atoms with Crippen molar-refractivity contribution in [1.82, 2.24) is 29.6 Å². The fraction of sp³-hybridized carbons (Fsp3) is 0.269. The molecule has 4 aromatic rings. The van der Waals surface area contributed by atoms with Crippen molar-refractivity contribution in [3.8, 4) is 17.2 Å². The molecule has 0 spiro atoms. The zero-order valence-corrected chi connectivity index (χ0v) is 20.3. The van der Waals surface area contributed by atoms with Crippen molar-refractivity contribution in [2.45, 2.75) is 20.0 Å². The molecule has 11 nitrogen and oxygen atoms in total. The molecule has 0 unspecified atom stereocenters. The van der Waals surface area contributed by atoms with Gasteiger partial charge in [-0.15, -0.1) is 0 Å². The van der Waals surface area contributed by atoms with Crippen molar-refractivity contribution < 1.29 is 9.53 Å². The number of morpholine rings is 1. The summed E-state index contributed by atoms with van der Waals surface area (Å²) in [7, 11) is 0. The summed E-state index contributed by atoms with van der Waals surface area (Å²) in [4.78, 5) is 43.4. The van der Waals surface area contributed by atoms with E-state index < -0.39 is 0 Å². The minimum absolute atomic E-state index is 0.249. The number of benzene rings is 1. The van der Waals surface area contributed by atoms with Crippen LogP contribution in [0.3, 0.4) is 0 Å². The van der Waals surface area contributed by atoms with Crippen molar-refractivity contribution in [1.29, 1.82) is 0 Å². The predicted molar refractivity (Wildman–Crippen MR) is 138 cm³/mol. The summed E-state index contributed by atoms with van der Waals surface area (Å²) in [5.74, 6) is 0.970. The topological polar surface area (TPSA) is 121 Å². The highest BCUT2D eigenvalue weighted by atomic mass is 16.5. The van der Waals surface area contributed by atoms with E-state index in [0.717, 1.165) is 22.5 Å². The molecule has 2 amide bonds. The summed E-state index contributed by atoms with van der Waals surface area (Å²) in [5.41, 5.74) is 4.64. The Morgan fingerprint density at radius 2 is 1.95 bits per heavy atom. The lowest BCUT2D eigenvalue weighted by Gasteiger charge is -2.29. The molecular formula is C26H26N8O3. The molecule has 0 aliphatic carbocycles. The number of aryl methyl sites for hydroxylation is 1. The molecule has 2 aliphatic heterocycles. The highest BCUT2D eigenvalue weighted by molar-refractivity contribution is 5.89. The van der Waals surface area contributed by atoms with Gasteiger partial charge in [-0.05, 0) is 30.7 Å². The summed E-state index contributed by atoms with van der Waals surface area (Å²) >= 11 is 0. The monoisotopic (exact) mass is 498 g/mol. The van der Waals surface area contributed by atoms with Gasteiger partial charge in [0.1, 0.15) is 5.82 Å². The largest absolute Gasteiger partial charge is 0.378 e. The molecule has 37 heavy (non-hydrogen) atoms. The number of aromatic amines is 1. The van der Waals surface area contributed by atoms with Gasteiger partial charge in [0.15, 0.2) is 0 Å². The molecule has 0 saturated carbocycles. The maximum atomic E-state index is 13.0.